The van der Waals surface area contributed by atoms with Gasteiger partial charge in [0.15, 0.2) is 11.6 Å². The first kappa shape index (κ1) is 14.7. The minimum absolute atomic E-state index is 0.0468. The molecule has 2 aromatic heterocycles. The standard InChI is InChI=1S/C18H16N2O4/c1-18(2)7-12-15(13(21)8-18)20(23)17(19-12)11-9-24-14-6-4-3-5-10(14)16(11)22/h3-6,9,23H,7-8H2,1-2H3. The number of carbonyl (C=O) groups is 1. The molecule has 0 saturated carbocycles. The number of hydrogen-bond acceptors (Lipinski definition) is 5. The summed E-state index contributed by atoms with van der Waals surface area (Å²) < 4.78 is 6.21. The summed E-state index contributed by atoms with van der Waals surface area (Å²) in [6, 6.07) is 6.87. The maximum absolute atomic E-state index is 12.7. The van der Waals surface area contributed by atoms with Crippen LogP contribution >= 0.6 is 0 Å². The molecule has 1 aliphatic rings. The number of Topliss-reactive ketones (excluding diaryl/α,β-unsaturated/α-hetero) is 1. The molecule has 1 aliphatic carbocycles. The predicted octanol–water partition coefficient (Wildman–Crippen LogP) is 3.05. The summed E-state index contributed by atoms with van der Waals surface area (Å²) in [5, 5.41) is 10.8. The molecule has 0 unspecified atom stereocenters. The van der Waals surface area contributed by atoms with Crippen LogP contribution in [0.3, 0.4) is 0 Å². The lowest BCUT2D eigenvalue weighted by molar-refractivity contribution is 0.0858. The number of aromatic nitrogens is 2. The number of hydrogen-bond donors (Lipinski definition) is 1. The Labute approximate surface area is 137 Å². The molecule has 1 N–H and O–H groups in total. The smallest absolute Gasteiger partial charge is 0.203 e. The predicted molar refractivity (Wildman–Crippen MR) is 87.3 cm³/mol. The summed E-state index contributed by atoms with van der Waals surface area (Å²) in [5.74, 6) is -0.127. The number of ketones is 1. The van der Waals surface area contributed by atoms with Crippen LogP contribution in [-0.2, 0) is 6.42 Å². The van der Waals surface area contributed by atoms with Crippen molar-refractivity contribution in [3.8, 4) is 11.4 Å². The van der Waals surface area contributed by atoms with Gasteiger partial charge in [0.05, 0.1) is 11.1 Å². The van der Waals surface area contributed by atoms with Crippen LogP contribution in [0.5, 0.6) is 0 Å². The molecule has 0 saturated heterocycles. The van der Waals surface area contributed by atoms with Gasteiger partial charge in [0.25, 0.3) is 0 Å². The Morgan fingerprint density at radius 2 is 1.96 bits per heavy atom. The average Bonchev–Trinajstić information content (AvgIpc) is 2.83. The van der Waals surface area contributed by atoms with Crippen LogP contribution in [0.2, 0.25) is 0 Å². The largest absolute Gasteiger partial charge is 0.463 e. The van der Waals surface area contributed by atoms with Gasteiger partial charge >= 0.3 is 0 Å². The van der Waals surface area contributed by atoms with Crippen LogP contribution in [0.15, 0.2) is 39.7 Å². The fourth-order valence-electron chi connectivity index (χ4n) is 3.30. The highest BCUT2D eigenvalue weighted by atomic mass is 16.5. The first-order chi connectivity index (χ1) is 11.4. The molecular weight excluding hydrogens is 308 g/mol. The lowest BCUT2D eigenvalue weighted by Gasteiger charge is -2.27. The van der Waals surface area contributed by atoms with Crippen molar-refractivity contribution in [2.24, 2.45) is 5.41 Å². The zero-order valence-electron chi connectivity index (χ0n) is 13.4. The first-order valence-electron chi connectivity index (χ1n) is 7.72. The summed E-state index contributed by atoms with van der Waals surface area (Å²) in [4.78, 5) is 29.4. The van der Waals surface area contributed by atoms with E-state index in [9.17, 15) is 14.8 Å². The average molecular weight is 324 g/mol. The van der Waals surface area contributed by atoms with Gasteiger partial charge in [-0.05, 0) is 24.0 Å². The Hall–Kier alpha value is -2.89. The number of carbonyl (C=O) groups excluding carboxylic acids is 1. The van der Waals surface area contributed by atoms with Crippen LogP contribution in [-0.4, -0.2) is 20.7 Å². The second-order valence-electron chi connectivity index (χ2n) is 6.96. The van der Waals surface area contributed by atoms with Crippen LogP contribution in [0.1, 0.15) is 36.5 Å². The fraction of sp³-hybridized carbons (Fsp3) is 0.278. The summed E-state index contributed by atoms with van der Waals surface area (Å²) in [6.45, 7) is 3.96. The molecule has 2 heterocycles. The van der Waals surface area contributed by atoms with Crippen LogP contribution in [0.25, 0.3) is 22.4 Å². The van der Waals surface area contributed by atoms with E-state index in [1.165, 1.54) is 6.26 Å². The van der Waals surface area contributed by atoms with Gasteiger partial charge < -0.3 is 9.62 Å². The number of para-hydroxylation sites is 1. The van der Waals surface area contributed by atoms with E-state index >= 15 is 0 Å². The molecule has 0 bridgehead atoms. The van der Waals surface area contributed by atoms with E-state index < -0.39 is 0 Å². The molecule has 6 heteroatoms. The number of nitrogens with zero attached hydrogens (tertiary/aromatic N) is 2. The summed E-state index contributed by atoms with van der Waals surface area (Å²) in [7, 11) is 0. The molecule has 24 heavy (non-hydrogen) atoms. The van der Waals surface area contributed by atoms with Crippen molar-refractivity contribution in [1.29, 1.82) is 0 Å². The molecule has 0 radical (unpaired) electrons. The topological polar surface area (TPSA) is 85.3 Å². The van der Waals surface area contributed by atoms with Crippen molar-refractivity contribution in [2.45, 2.75) is 26.7 Å². The van der Waals surface area contributed by atoms with Crippen molar-refractivity contribution >= 4 is 16.8 Å². The highest BCUT2D eigenvalue weighted by Crippen LogP contribution is 2.35. The van der Waals surface area contributed by atoms with Gasteiger partial charge in [-0.25, -0.2) is 4.98 Å². The lowest BCUT2D eigenvalue weighted by Crippen LogP contribution is -2.28. The Bertz CT molecular complexity index is 1040. The Balaban J connectivity index is 1.95. The monoisotopic (exact) mass is 324 g/mol. The summed E-state index contributed by atoms with van der Waals surface area (Å²) in [6.07, 6.45) is 2.17. The van der Waals surface area contributed by atoms with Gasteiger partial charge in [-0.3, -0.25) is 9.59 Å². The minimum Gasteiger partial charge on any atom is -0.463 e. The number of rotatable bonds is 1. The zero-order chi connectivity index (χ0) is 17.1. The van der Waals surface area contributed by atoms with E-state index in [2.05, 4.69) is 4.98 Å². The molecule has 0 amide bonds. The Kier molecular flexibility index (Phi) is 2.94. The van der Waals surface area contributed by atoms with Crippen LogP contribution < -0.4 is 5.43 Å². The quantitative estimate of drug-likeness (QED) is 0.695. The van der Waals surface area contributed by atoms with Gasteiger partial charge in [0.2, 0.25) is 5.43 Å². The summed E-state index contributed by atoms with van der Waals surface area (Å²) >= 11 is 0. The van der Waals surface area contributed by atoms with Crippen LogP contribution in [0, 0.1) is 5.41 Å². The van der Waals surface area contributed by atoms with Gasteiger partial charge in [0.1, 0.15) is 23.1 Å². The van der Waals surface area contributed by atoms with E-state index in [0.717, 1.165) is 4.73 Å². The molecule has 3 aromatic rings. The van der Waals surface area contributed by atoms with Crippen molar-refractivity contribution < 1.29 is 14.4 Å². The SMILES string of the molecule is CC1(C)CC(=O)c2c(nc(-c3coc4ccccc4c3=O)n2O)C1. The second kappa shape index (κ2) is 4.80. The Morgan fingerprint density at radius 3 is 2.75 bits per heavy atom. The number of benzene rings is 1. The lowest BCUT2D eigenvalue weighted by atomic mass is 9.77. The molecule has 4 rings (SSSR count). The third kappa shape index (κ3) is 2.06. The third-order valence-corrected chi connectivity index (χ3v) is 4.40. The van der Waals surface area contributed by atoms with Crippen LogP contribution in [0.4, 0.5) is 0 Å². The maximum Gasteiger partial charge on any atom is 0.203 e. The maximum atomic E-state index is 12.7. The zero-order valence-corrected chi connectivity index (χ0v) is 13.4. The highest BCUT2D eigenvalue weighted by Gasteiger charge is 2.36. The Morgan fingerprint density at radius 1 is 1.21 bits per heavy atom. The third-order valence-electron chi connectivity index (χ3n) is 4.40. The van der Waals surface area contributed by atoms with Crippen molar-refractivity contribution in [2.75, 3.05) is 0 Å². The molecule has 6 nitrogen and oxygen atoms in total. The van der Waals surface area contributed by atoms with Crippen molar-refractivity contribution in [3.05, 3.63) is 52.1 Å². The van der Waals surface area contributed by atoms with E-state index in [4.69, 9.17) is 4.42 Å². The van der Waals surface area contributed by atoms with E-state index in [1.807, 2.05) is 13.8 Å². The molecule has 0 fully saturated rings. The van der Waals surface area contributed by atoms with E-state index in [-0.39, 0.29) is 33.7 Å². The van der Waals surface area contributed by atoms with E-state index in [1.54, 1.807) is 24.3 Å². The van der Waals surface area contributed by atoms with Crippen molar-refractivity contribution in [1.82, 2.24) is 9.71 Å². The normalized spacial score (nSPS) is 16.3. The van der Waals surface area contributed by atoms with Gasteiger partial charge in [-0.2, -0.15) is 4.73 Å². The first-order valence-corrected chi connectivity index (χ1v) is 7.72. The molecule has 0 spiro atoms. The molecular formula is C18H16N2O4. The number of fused-ring (bicyclic) bond motifs is 2. The highest BCUT2D eigenvalue weighted by molar-refractivity contribution is 5.98. The molecule has 122 valence electrons. The summed E-state index contributed by atoms with van der Waals surface area (Å²) in [5.41, 5.74) is 0.768. The number of imidazole rings is 1. The molecule has 0 aliphatic heterocycles. The van der Waals surface area contributed by atoms with E-state index in [0.29, 0.717) is 29.5 Å². The van der Waals surface area contributed by atoms with Crippen molar-refractivity contribution in [3.63, 3.8) is 0 Å². The molecule has 1 aromatic carbocycles. The fourth-order valence-corrected chi connectivity index (χ4v) is 3.30. The van der Waals surface area contributed by atoms with Gasteiger partial charge in [-0.1, -0.05) is 26.0 Å². The molecule has 0 atom stereocenters. The minimum atomic E-state index is -0.291. The second-order valence-corrected chi connectivity index (χ2v) is 6.96. The van der Waals surface area contributed by atoms with Gasteiger partial charge in [0, 0.05) is 6.42 Å². The van der Waals surface area contributed by atoms with Gasteiger partial charge in [-0.15, -0.1) is 0 Å².